The zero-order valence-corrected chi connectivity index (χ0v) is 10.0. The Morgan fingerprint density at radius 3 is 2.88 bits per heavy atom. The molecule has 2 aromatic heterocycles. The van der Waals surface area contributed by atoms with Gasteiger partial charge in [0.05, 0.1) is 35.3 Å². The minimum Gasteiger partial charge on any atom is -0.388 e. The Labute approximate surface area is 103 Å². The van der Waals surface area contributed by atoms with Crippen LogP contribution in [0, 0.1) is 0 Å². The van der Waals surface area contributed by atoms with Crippen LogP contribution in [0.5, 0.6) is 0 Å². The van der Waals surface area contributed by atoms with Gasteiger partial charge in [-0.1, -0.05) is 12.2 Å². The molecule has 6 heteroatoms. The molecule has 4 nitrogen and oxygen atoms in total. The van der Waals surface area contributed by atoms with Crippen LogP contribution in [-0.4, -0.2) is 15.0 Å². The molecule has 0 saturated heterocycles. The molecule has 2 rings (SSSR count). The van der Waals surface area contributed by atoms with E-state index in [0.717, 1.165) is 11.4 Å². The molecule has 0 saturated carbocycles. The predicted molar refractivity (Wildman–Crippen MR) is 69.6 cm³/mol. The van der Waals surface area contributed by atoms with E-state index in [0.29, 0.717) is 17.2 Å². The maximum Gasteiger partial charge on any atom is 0.122 e. The number of hydrogen-bond donors (Lipinski definition) is 2. The first-order valence-electron chi connectivity index (χ1n) is 4.62. The number of nitrogens with zero attached hydrogens (tertiary/aromatic N) is 2. The molecule has 0 radical (unpaired) electrons. The number of thiocarbonyl (C=S) groups is 1. The second-order valence-corrected chi connectivity index (χ2v) is 4.29. The van der Waals surface area contributed by atoms with Crippen LogP contribution in [-0.2, 0) is 6.54 Å². The van der Waals surface area contributed by atoms with E-state index in [-0.39, 0.29) is 0 Å². The highest BCUT2D eigenvalue weighted by Gasteiger charge is 1.99. The molecule has 0 aliphatic carbocycles. The summed E-state index contributed by atoms with van der Waals surface area (Å²) < 4.78 is 0. The van der Waals surface area contributed by atoms with Crippen molar-refractivity contribution in [2.45, 2.75) is 6.54 Å². The molecule has 16 heavy (non-hydrogen) atoms. The van der Waals surface area contributed by atoms with E-state index in [1.807, 2.05) is 17.0 Å². The fourth-order valence-corrected chi connectivity index (χ4v) is 1.84. The van der Waals surface area contributed by atoms with E-state index < -0.39 is 0 Å². The summed E-state index contributed by atoms with van der Waals surface area (Å²) in [5, 5.41) is 5.21. The van der Waals surface area contributed by atoms with Gasteiger partial charge in [-0.25, -0.2) is 4.98 Å². The van der Waals surface area contributed by atoms with Crippen LogP contribution >= 0.6 is 23.6 Å². The highest BCUT2D eigenvalue weighted by Crippen LogP contribution is 2.09. The van der Waals surface area contributed by atoms with Gasteiger partial charge in [-0.15, -0.1) is 11.3 Å². The number of nitrogens with one attached hydrogen (secondary N) is 1. The summed E-state index contributed by atoms with van der Waals surface area (Å²) in [5.41, 5.74) is 9.84. The third-order valence-electron chi connectivity index (χ3n) is 1.97. The van der Waals surface area contributed by atoms with Crippen molar-refractivity contribution in [3.8, 4) is 0 Å². The van der Waals surface area contributed by atoms with E-state index >= 15 is 0 Å². The number of rotatable bonds is 4. The molecule has 0 bridgehead atoms. The van der Waals surface area contributed by atoms with Crippen LogP contribution < -0.4 is 11.1 Å². The van der Waals surface area contributed by atoms with Gasteiger partial charge >= 0.3 is 0 Å². The van der Waals surface area contributed by atoms with E-state index in [1.54, 1.807) is 23.6 Å². The van der Waals surface area contributed by atoms with Crippen LogP contribution in [0.2, 0.25) is 0 Å². The molecule has 0 unspecified atom stereocenters. The second-order valence-electron chi connectivity index (χ2n) is 3.13. The molecule has 0 atom stereocenters. The van der Waals surface area contributed by atoms with Crippen LogP contribution in [0.3, 0.4) is 0 Å². The lowest BCUT2D eigenvalue weighted by Crippen LogP contribution is -2.11. The summed E-state index contributed by atoms with van der Waals surface area (Å²) >= 11 is 6.40. The highest BCUT2D eigenvalue weighted by atomic mass is 32.1. The van der Waals surface area contributed by atoms with Crippen molar-refractivity contribution in [2.24, 2.45) is 5.73 Å². The van der Waals surface area contributed by atoms with E-state index in [2.05, 4.69) is 15.3 Å². The monoisotopic (exact) mass is 250 g/mol. The second kappa shape index (κ2) is 5.00. The molecule has 82 valence electrons. The van der Waals surface area contributed by atoms with Crippen molar-refractivity contribution in [3.05, 3.63) is 40.6 Å². The Balaban J connectivity index is 1.98. The Morgan fingerprint density at radius 2 is 2.31 bits per heavy atom. The van der Waals surface area contributed by atoms with Crippen molar-refractivity contribution in [3.63, 3.8) is 0 Å². The molecule has 0 aromatic carbocycles. The number of thiazole rings is 1. The van der Waals surface area contributed by atoms with Crippen molar-refractivity contribution in [1.29, 1.82) is 0 Å². The normalized spacial score (nSPS) is 10.0. The van der Waals surface area contributed by atoms with E-state index in [9.17, 15) is 0 Å². The summed E-state index contributed by atoms with van der Waals surface area (Å²) in [5.74, 6) is 0. The van der Waals surface area contributed by atoms with Crippen LogP contribution in [0.15, 0.2) is 29.2 Å². The summed E-state index contributed by atoms with van der Waals surface area (Å²) in [6.07, 6.45) is 1.71. The SMILES string of the molecule is NC(=S)c1ccc(NCc2cscn2)cn1. The average Bonchev–Trinajstić information content (AvgIpc) is 2.80. The van der Waals surface area contributed by atoms with Gasteiger partial charge in [0.15, 0.2) is 0 Å². The lowest BCUT2D eigenvalue weighted by atomic mass is 10.3. The molecule has 3 N–H and O–H groups in total. The molecule has 0 amide bonds. The molecule has 0 aliphatic heterocycles. The highest BCUT2D eigenvalue weighted by molar-refractivity contribution is 7.80. The van der Waals surface area contributed by atoms with Gasteiger partial charge in [0, 0.05) is 5.38 Å². The standard InChI is InChI=1S/C10H10N4S2/c11-10(15)9-2-1-7(3-13-9)12-4-8-5-16-6-14-8/h1-3,5-6,12H,4H2,(H2,11,15). The first-order chi connectivity index (χ1) is 7.75. The predicted octanol–water partition coefficient (Wildman–Crippen LogP) is 1.78. The molecule has 2 aromatic rings. The topological polar surface area (TPSA) is 63.8 Å². The van der Waals surface area contributed by atoms with Crippen molar-refractivity contribution < 1.29 is 0 Å². The van der Waals surface area contributed by atoms with E-state index in [1.165, 1.54) is 0 Å². The molecule has 0 aliphatic rings. The van der Waals surface area contributed by atoms with Crippen LogP contribution in [0.1, 0.15) is 11.4 Å². The van der Waals surface area contributed by atoms with Crippen molar-refractivity contribution in [1.82, 2.24) is 9.97 Å². The minimum absolute atomic E-state index is 0.311. The van der Waals surface area contributed by atoms with Gasteiger partial charge in [-0.2, -0.15) is 0 Å². The van der Waals surface area contributed by atoms with Gasteiger partial charge in [0.1, 0.15) is 4.99 Å². The first kappa shape index (κ1) is 11.0. The van der Waals surface area contributed by atoms with Crippen molar-refractivity contribution in [2.75, 3.05) is 5.32 Å². The summed E-state index contributed by atoms with van der Waals surface area (Å²) in [6.45, 7) is 0.692. The number of anilines is 1. The Hall–Kier alpha value is -1.53. The van der Waals surface area contributed by atoms with Gasteiger partial charge in [-0.3, -0.25) is 4.98 Å². The van der Waals surface area contributed by atoms with Gasteiger partial charge < -0.3 is 11.1 Å². The Morgan fingerprint density at radius 1 is 1.44 bits per heavy atom. The number of nitrogens with two attached hydrogens (primary N) is 1. The fraction of sp³-hybridized carbons (Fsp3) is 0.100. The third-order valence-corrected chi connectivity index (χ3v) is 2.82. The molecule has 2 heterocycles. The zero-order valence-electron chi connectivity index (χ0n) is 8.38. The average molecular weight is 250 g/mol. The molecule has 0 fully saturated rings. The molecular formula is C10H10N4S2. The number of aromatic nitrogens is 2. The van der Waals surface area contributed by atoms with E-state index in [4.69, 9.17) is 18.0 Å². The zero-order chi connectivity index (χ0) is 11.4. The lowest BCUT2D eigenvalue weighted by Gasteiger charge is -2.04. The van der Waals surface area contributed by atoms with Gasteiger partial charge in [0.25, 0.3) is 0 Å². The Bertz CT molecular complexity index is 464. The molecular weight excluding hydrogens is 240 g/mol. The van der Waals surface area contributed by atoms with Crippen LogP contribution in [0.25, 0.3) is 0 Å². The minimum atomic E-state index is 0.311. The maximum atomic E-state index is 5.45. The maximum absolute atomic E-state index is 5.45. The lowest BCUT2D eigenvalue weighted by molar-refractivity contribution is 1.07. The fourth-order valence-electron chi connectivity index (χ4n) is 1.16. The molecule has 0 spiro atoms. The summed E-state index contributed by atoms with van der Waals surface area (Å²) in [7, 11) is 0. The van der Waals surface area contributed by atoms with Gasteiger partial charge in [0.2, 0.25) is 0 Å². The Kier molecular flexibility index (Phi) is 3.43. The number of pyridine rings is 1. The quantitative estimate of drug-likeness (QED) is 0.810. The van der Waals surface area contributed by atoms with Crippen LogP contribution in [0.4, 0.5) is 5.69 Å². The third kappa shape index (κ3) is 2.74. The first-order valence-corrected chi connectivity index (χ1v) is 5.97. The largest absolute Gasteiger partial charge is 0.388 e. The van der Waals surface area contributed by atoms with Crippen molar-refractivity contribution >= 4 is 34.2 Å². The van der Waals surface area contributed by atoms with Gasteiger partial charge in [-0.05, 0) is 12.1 Å². The summed E-state index contributed by atoms with van der Waals surface area (Å²) in [4.78, 5) is 8.61. The summed E-state index contributed by atoms with van der Waals surface area (Å²) in [6, 6.07) is 3.69. The number of hydrogen-bond acceptors (Lipinski definition) is 5. The smallest absolute Gasteiger partial charge is 0.122 e.